The Morgan fingerprint density at radius 2 is 2.00 bits per heavy atom. The molecule has 5 nitrogen and oxygen atoms in total. The lowest BCUT2D eigenvalue weighted by atomic mass is 9.86. The van der Waals surface area contributed by atoms with Crippen LogP contribution in [0.1, 0.15) is 64.2 Å². The van der Waals surface area contributed by atoms with E-state index in [1.54, 1.807) is 0 Å². The Kier molecular flexibility index (Phi) is 4.76. The van der Waals surface area contributed by atoms with E-state index in [-0.39, 0.29) is 11.2 Å². The summed E-state index contributed by atoms with van der Waals surface area (Å²) in [6.07, 6.45) is 7.26. The molecular formula is C16H26N4OS. The van der Waals surface area contributed by atoms with E-state index < -0.39 is 0 Å². The quantitative estimate of drug-likeness (QED) is 0.846. The summed E-state index contributed by atoms with van der Waals surface area (Å²) < 4.78 is 2.19. The number of aromatic nitrogens is 3. The van der Waals surface area contributed by atoms with Crippen LogP contribution >= 0.6 is 11.8 Å². The molecule has 3 atom stereocenters. The number of amides is 1. The summed E-state index contributed by atoms with van der Waals surface area (Å²) in [5.74, 6) is 1.68. The van der Waals surface area contributed by atoms with Gasteiger partial charge in [-0.15, -0.1) is 10.2 Å². The van der Waals surface area contributed by atoms with Crippen LogP contribution in [0, 0.1) is 12.8 Å². The van der Waals surface area contributed by atoms with E-state index in [1.807, 2.05) is 13.8 Å². The molecule has 1 N–H and O–H groups in total. The molecular weight excluding hydrogens is 296 g/mol. The predicted molar refractivity (Wildman–Crippen MR) is 87.9 cm³/mol. The molecule has 0 aliphatic heterocycles. The Hall–Kier alpha value is -1.04. The summed E-state index contributed by atoms with van der Waals surface area (Å²) in [6, 6.07) is 0.887. The van der Waals surface area contributed by atoms with E-state index in [1.165, 1.54) is 43.9 Å². The third kappa shape index (κ3) is 3.47. The van der Waals surface area contributed by atoms with Crippen molar-refractivity contribution in [1.29, 1.82) is 0 Å². The Morgan fingerprint density at radius 3 is 2.68 bits per heavy atom. The highest BCUT2D eigenvalue weighted by atomic mass is 32.2. The third-order valence-electron chi connectivity index (χ3n) is 4.84. The number of hydrogen-bond donors (Lipinski definition) is 1. The molecule has 122 valence electrons. The molecule has 2 fully saturated rings. The molecule has 1 heterocycles. The predicted octanol–water partition coefficient (Wildman–Crippen LogP) is 3.10. The van der Waals surface area contributed by atoms with E-state index in [0.717, 1.165) is 17.4 Å². The van der Waals surface area contributed by atoms with Crippen LogP contribution in [0.3, 0.4) is 0 Å². The molecule has 1 amide bonds. The van der Waals surface area contributed by atoms with Crippen molar-refractivity contribution in [3.63, 3.8) is 0 Å². The molecule has 2 aliphatic carbocycles. The van der Waals surface area contributed by atoms with Crippen LogP contribution in [0.25, 0.3) is 0 Å². The molecule has 3 rings (SSSR count). The molecule has 22 heavy (non-hydrogen) atoms. The number of aryl methyl sites for hydroxylation is 1. The molecule has 0 spiro atoms. The number of rotatable bonds is 5. The van der Waals surface area contributed by atoms with Crippen molar-refractivity contribution in [2.45, 2.75) is 81.8 Å². The molecule has 0 bridgehead atoms. The fourth-order valence-electron chi connectivity index (χ4n) is 3.23. The van der Waals surface area contributed by atoms with Gasteiger partial charge in [-0.1, -0.05) is 31.5 Å². The number of carbonyl (C=O) groups excluding carboxylic acids is 1. The van der Waals surface area contributed by atoms with E-state index in [2.05, 4.69) is 27.0 Å². The lowest BCUT2D eigenvalue weighted by molar-refractivity contribution is -0.121. The van der Waals surface area contributed by atoms with Gasteiger partial charge in [0.2, 0.25) is 5.91 Å². The summed E-state index contributed by atoms with van der Waals surface area (Å²) in [7, 11) is 0. The molecule has 0 unspecified atom stereocenters. The fraction of sp³-hybridized carbons (Fsp3) is 0.812. The van der Waals surface area contributed by atoms with Crippen molar-refractivity contribution in [3.05, 3.63) is 5.82 Å². The lowest BCUT2D eigenvalue weighted by Crippen LogP contribution is -2.44. The van der Waals surface area contributed by atoms with Gasteiger partial charge in [-0.3, -0.25) is 4.79 Å². The highest BCUT2D eigenvalue weighted by Crippen LogP contribution is 2.39. The van der Waals surface area contributed by atoms with Gasteiger partial charge in [0.15, 0.2) is 5.16 Å². The molecule has 1 aromatic rings. The Morgan fingerprint density at radius 1 is 1.27 bits per heavy atom. The van der Waals surface area contributed by atoms with Gasteiger partial charge in [-0.25, -0.2) is 0 Å². The highest BCUT2D eigenvalue weighted by molar-refractivity contribution is 8.00. The number of hydrogen-bond acceptors (Lipinski definition) is 4. The van der Waals surface area contributed by atoms with Crippen LogP contribution < -0.4 is 5.32 Å². The second kappa shape index (κ2) is 6.60. The average Bonchev–Trinajstić information content (AvgIpc) is 3.26. The first-order valence-corrected chi connectivity index (χ1v) is 9.32. The number of nitrogens with zero attached hydrogens (tertiary/aromatic N) is 3. The fourth-order valence-corrected chi connectivity index (χ4v) is 4.20. The van der Waals surface area contributed by atoms with E-state index in [4.69, 9.17) is 0 Å². The van der Waals surface area contributed by atoms with Gasteiger partial charge in [0.1, 0.15) is 5.82 Å². The van der Waals surface area contributed by atoms with Gasteiger partial charge in [0, 0.05) is 12.1 Å². The Balaban J connectivity index is 1.59. The number of carbonyl (C=O) groups is 1. The van der Waals surface area contributed by atoms with Gasteiger partial charge in [0.05, 0.1) is 5.25 Å². The Bertz CT molecular complexity index is 540. The van der Waals surface area contributed by atoms with Crippen LogP contribution in [0.4, 0.5) is 0 Å². The maximum Gasteiger partial charge on any atom is 0.233 e. The third-order valence-corrected chi connectivity index (χ3v) is 5.89. The molecule has 2 aliphatic rings. The van der Waals surface area contributed by atoms with Gasteiger partial charge < -0.3 is 9.88 Å². The van der Waals surface area contributed by atoms with Crippen molar-refractivity contribution < 1.29 is 4.79 Å². The summed E-state index contributed by atoms with van der Waals surface area (Å²) in [5, 5.41) is 12.4. The minimum atomic E-state index is -0.129. The van der Waals surface area contributed by atoms with Crippen LogP contribution in [0.2, 0.25) is 0 Å². The highest BCUT2D eigenvalue weighted by Gasteiger charge is 2.30. The second-order valence-corrected chi connectivity index (χ2v) is 8.08. The smallest absolute Gasteiger partial charge is 0.233 e. The summed E-state index contributed by atoms with van der Waals surface area (Å²) in [4.78, 5) is 12.5. The zero-order valence-corrected chi connectivity index (χ0v) is 14.5. The first kappa shape index (κ1) is 15.8. The number of thioether (sulfide) groups is 1. The van der Waals surface area contributed by atoms with Crippen LogP contribution in [-0.4, -0.2) is 32.0 Å². The molecule has 6 heteroatoms. The summed E-state index contributed by atoms with van der Waals surface area (Å²) >= 11 is 1.53. The van der Waals surface area contributed by atoms with Gasteiger partial charge in [-0.2, -0.15) is 0 Å². The zero-order chi connectivity index (χ0) is 15.7. The molecule has 2 saturated carbocycles. The average molecular weight is 322 g/mol. The van der Waals surface area contributed by atoms with Crippen LogP contribution in [0.5, 0.6) is 0 Å². The first-order valence-electron chi connectivity index (χ1n) is 8.44. The maximum atomic E-state index is 12.5. The molecule has 1 aromatic heterocycles. The van der Waals surface area contributed by atoms with Crippen LogP contribution in [0.15, 0.2) is 5.16 Å². The van der Waals surface area contributed by atoms with Gasteiger partial charge in [-0.05, 0) is 45.4 Å². The van der Waals surface area contributed by atoms with E-state index in [0.29, 0.717) is 18.0 Å². The Labute approximate surface area is 136 Å². The minimum Gasteiger partial charge on any atom is -0.352 e. The van der Waals surface area contributed by atoms with E-state index >= 15 is 0 Å². The zero-order valence-electron chi connectivity index (χ0n) is 13.7. The number of nitrogens with one attached hydrogen (secondary N) is 1. The SMILES string of the molecule is Cc1nnc(S[C@@H](C)C(=O)N[C@@H]2CCCC[C@@H]2C)n1C1CC1. The van der Waals surface area contributed by atoms with Crippen molar-refractivity contribution in [3.8, 4) is 0 Å². The monoisotopic (exact) mass is 322 g/mol. The summed E-state index contributed by atoms with van der Waals surface area (Å²) in [6.45, 7) is 6.20. The largest absolute Gasteiger partial charge is 0.352 e. The standard InChI is InChI=1S/C16H26N4OS/c1-10-6-4-5-7-14(10)17-15(21)11(2)22-16-19-18-12(3)20(16)13-8-9-13/h10-11,13-14H,4-9H2,1-3H3,(H,17,21)/t10-,11-,14+/m0/s1. The van der Waals surface area contributed by atoms with Crippen molar-refractivity contribution in [1.82, 2.24) is 20.1 Å². The lowest BCUT2D eigenvalue weighted by Gasteiger charge is -2.30. The summed E-state index contributed by atoms with van der Waals surface area (Å²) in [5.41, 5.74) is 0. The van der Waals surface area contributed by atoms with Crippen molar-refractivity contribution in [2.24, 2.45) is 5.92 Å². The topological polar surface area (TPSA) is 59.8 Å². The maximum absolute atomic E-state index is 12.5. The first-order chi connectivity index (χ1) is 10.6. The molecule has 0 aromatic carbocycles. The minimum absolute atomic E-state index is 0.129. The van der Waals surface area contributed by atoms with Gasteiger partial charge in [0.25, 0.3) is 0 Å². The normalized spacial score (nSPS) is 26.7. The second-order valence-electron chi connectivity index (χ2n) is 6.77. The van der Waals surface area contributed by atoms with Crippen LogP contribution in [-0.2, 0) is 4.79 Å². The molecule has 0 radical (unpaired) electrons. The van der Waals surface area contributed by atoms with E-state index in [9.17, 15) is 4.79 Å². The van der Waals surface area contributed by atoms with Crippen molar-refractivity contribution >= 4 is 17.7 Å². The van der Waals surface area contributed by atoms with Gasteiger partial charge >= 0.3 is 0 Å². The molecule has 0 saturated heterocycles. The van der Waals surface area contributed by atoms with Crippen molar-refractivity contribution in [2.75, 3.05) is 0 Å².